The van der Waals surface area contributed by atoms with Gasteiger partial charge in [0.25, 0.3) is 0 Å². The molecule has 2 rings (SSSR count). The summed E-state index contributed by atoms with van der Waals surface area (Å²) < 4.78 is 15.8. The van der Waals surface area contributed by atoms with E-state index in [9.17, 15) is 4.39 Å². The van der Waals surface area contributed by atoms with Crippen LogP contribution in [-0.2, 0) is 12.7 Å². The lowest BCUT2D eigenvalue weighted by molar-refractivity contribution is 0.116. The zero-order valence-corrected chi connectivity index (χ0v) is 7.76. The van der Waals surface area contributed by atoms with E-state index >= 15 is 0 Å². The Balaban J connectivity index is 2.22. The van der Waals surface area contributed by atoms with E-state index in [1.807, 2.05) is 7.05 Å². The number of aryl methyl sites for hydroxylation is 1. The van der Waals surface area contributed by atoms with Crippen molar-refractivity contribution in [2.24, 2.45) is 7.05 Å². The van der Waals surface area contributed by atoms with Gasteiger partial charge >= 0.3 is 0 Å². The van der Waals surface area contributed by atoms with E-state index in [1.54, 1.807) is 16.9 Å². The number of halogens is 1. The van der Waals surface area contributed by atoms with E-state index in [0.717, 1.165) is 13.0 Å². The van der Waals surface area contributed by atoms with Gasteiger partial charge in [-0.15, -0.1) is 0 Å². The van der Waals surface area contributed by atoms with Gasteiger partial charge in [0.15, 0.2) is 5.67 Å². The quantitative estimate of drug-likeness (QED) is 0.703. The number of rotatable bonds is 1. The summed E-state index contributed by atoms with van der Waals surface area (Å²) in [6.45, 7) is 1.31. The highest BCUT2D eigenvalue weighted by atomic mass is 19.1. The van der Waals surface area contributed by atoms with Gasteiger partial charge < -0.3 is 5.32 Å². The second-order valence-corrected chi connectivity index (χ2v) is 3.62. The first kappa shape index (κ1) is 8.69. The minimum atomic E-state index is -1.25. The molecule has 1 aliphatic rings. The fraction of sp³-hybridized carbons (Fsp3) is 0.667. The van der Waals surface area contributed by atoms with Gasteiger partial charge in [0.05, 0.1) is 0 Å². The zero-order valence-electron chi connectivity index (χ0n) is 7.76. The standard InChI is InChI=1S/C9H14FN3/c1-13-6-3-8(12-13)9(10)4-2-5-11-7-9/h3,6,11H,2,4-5,7H2,1H3. The van der Waals surface area contributed by atoms with Gasteiger partial charge in [-0.1, -0.05) is 0 Å². The molecule has 0 saturated carbocycles. The van der Waals surface area contributed by atoms with Gasteiger partial charge in [-0.25, -0.2) is 4.39 Å². The fourth-order valence-corrected chi connectivity index (χ4v) is 1.74. The SMILES string of the molecule is Cn1ccc(C2(F)CCCNC2)n1. The zero-order chi connectivity index (χ0) is 9.31. The topological polar surface area (TPSA) is 29.9 Å². The molecule has 0 aliphatic carbocycles. The molecule has 3 nitrogen and oxygen atoms in total. The van der Waals surface area contributed by atoms with Crippen LogP contribution in [0.4, 0.5) is 4.39 Å². The molecule has 0 radical (unpaired) electrons. The smallest absolute Gasteiger partial charge is 0.166 e. The van der Waals surface area contributed by atoms with Crippen molar-refractivity contribution in [2.75, 3.05) is 13.1 Å². The molecule has 0 spiro atoms. The maximum absolute atomic E-state index is 14.2. The Morgan fingerprint density at radius 1 is 1.69 bits per heavy atom. The molecule has 1 atom stereocenters. The summed E-state index contributed by atoms with van der Waals surface area (Å²) in [4.78, 5) is 0. The van der Waals surface area contributed by atoms with E-state index < -0.39 is 5.67 Å². The van der Waals surface area contributed by atoms with E-state index in [4.69, 9.17) is 0 Å². The van der Waals surface area contributed by atoms with Crippen molar-refractivity contribution in [3.63, 3.8) is 0 Å². The normalized spacial score (nSPS) is 29.1. The molecule has 0 amide bonds. The summed E-state index contributed by atoms with van der Waals surface area (Å²) in [5, 5.41) is 7.17. The highest BCUT2D eigenvalue weighted by Crippen LogP contribution is 2.31. The summed E-state index contributed by atoms with van der Waals surface area (Å²) in [5.74, 6) is 0. The van der Waals surface area contributed by atoms with Crippen LogP contribution in [0.1, 0.15) is 18.5 Å². The second kappa shape index (κ2) is 3.10. The van der Waals surface area contributed by atoms with Gasteiger partial charge in [-0.3, -0.25) is 4.68 Å². The average molecular weight is 183 g/mol. The third-order valence-electron chi connectivity index (χ3n) is 2.50. The minimum Gasteiger partial charge on any atom is -0.313 e. The summed E-state index contributed by atoms with van der Waals surface area (Å²) in [6.07, 6.45) is 3.25. The number of hydrogen-bond acceptors (Lipinski definition) is 2. The van der Waals surface area contributed by atoms with Gasteiger partial charge in [-0.05, 0) is 25.5 Å². The van der Waals surface area contributed by atoms with E-state index in [-0.39, 0.29) is 0 Å². The van der Waals surface area contributed by atoms with Crippen molar-refractivity contribution in [3.05, 3.63) is 18.0 Å². The summed E-state index contributed by atoms with van der Waals surface area (Å²) in [7, 11) is 1.81. The summed E-state index contributed by atoms with van der Waals surface area (Å²) in [5.41, 5.74) is -0.693. The molecule has 4 heteroatoms. The van der Waals surface area contributed by atoms with Crippen LogP contribution in [-0.4, -0.2) is 22.9 Å². The number of aromatic nitrogens is 2. The van der Waals surface area contributed by atoms with Crippen LogP contribution < -0.4 is 5.32 Å². The van der Waals surface area contributed by atoms with Crippen molar-refractivity contribution in [1.82, 2.24) is 15.1 Å². The Bertz CT molecular complexity index is 289. The Morgan fingerprint density at radius 2 is 2.54 bits per heavy atom. The van der Waals surface area contributed by atoms with Crippen molar-refractivity contribution in [2.45, 2.75) is 18.5 Å². The maximum atomic E-state index is 14.2. The molecule has 0 aromatic carbocycles. The van der Waals surface area contributed by atoms with Crippen LogP contribution in [0.3, 0.4) is 0 Å². The monoisotopic (exact) mass is 183 g/mol. The van der Waals surface area contributed by atoms with Gasteiger partial charge in [-0.2, -0.15) is 5.10 Å². The number of nitrogens with one attached hydrogen (secondary N) is 1. The van der Waals surface area contributed by atoms with E-state index in [0.29, 0.717) is 18.7 Å². The highest BCUT2D eigenvalue weighted by molar-refractivity contribution is 5.12. The maximum Gasteiger partial charge on any atom is 0.166 e. The van der Waals surface area contributed by atoms with Crippen LogP contribution in [0.15, 0.2) is 12.3 Å². The van der Waals surface area contributed by atoms with Crippen molar-refractivity contribution < 1.29 is 4.39 Å². The van der Waals surface area contributed by atoms with Crippen LogP contribution in [0.25, 0.3) is 0 Å². The first-order valence-corrected chi connectivity index (χ1v) is 4.60. The van der Waals surface area contributed by atoms with Crippen molar-refractivity contribution >= 4 is 0 Å². The van der Waals surface area contributed by atoms with Gasteiger partial charge in [0.1, 0.15) is 5.69 Å². The Labute approximate surface area is 76.9 Å². The predicted octanol–water partition coefficient (Wildman–Crippen LogP) is 0.968. The number of piperidine rings is 1. The van der Waals surface area contributed by atoms with Crippen molar-refractivity contribution in [3.8, 4) is 0 Å². The molecular weight excluding hydrogens is 169 g/mol. The molecule has 1 fully saturated rings. The molecule has 1 saturated heterocycles. The highest BCUT2D eigenvalue weighted by Gasteiger charge is 2.35. The lowest BCUT2D eigenvalue weighted by Crippen LogP contribution is -2.40. The average Bonchev–Trinajstić information content (AvgIpc) is 2.54. The third-order valence-corrected chi connectivity index (χ3v) is 2.50. The summed E-state index contributed by atoms with van der Waals surface area (Å²) in [6, 6.07) is 1.76. The largest absolute Gasteiger partial charge is 0.313 e. The lowest BCUT2D eigenvalue weighted by Gasteiger charge is -2.28. The van der Waals surface area contributed by atoms with E-state index in [1.165, 1.54) is 0 Å². The molecule has 1 aliphatic heterocycles. The van der Waals surface area contributed by atoms with Crippen LogP contribution >= 0.6 is 0 Å². The molecule has 0 bridgehead atoms. The third kappa shape index (κ3) is 1.58. The van der Waals surface area contributed by atoms with Crippen molar-refractivity contribution in [1.29, 1.82) is 0 Å². The first-order valence-electron chi connectivity index (χ1n) is 4.60. The predicted molar refractivity (Wildman–Crippen MR) is 48.1 cm³/mol. The Morgan fingerprint density at radius 3 is 3.08 bits per heavy atom. The number of alkyl halides is 1. The Hall–Kier alpha value is -0.900. The molecular formula is C9H14FN3. The van der Waals surface area contributed by atoms with Crippen LogP contribution in [0, 0.1) is 0 Å². The molecule has 13 heavy (non-hydrogen) atoms. The molecule has 1 N–H and O–H groups in total. The Kier molecular flexibility index (Phi) is 2.07. The molecule has 72 valence electrons. The molecule has 1 unspecified atom stereocenters. The van der Waals surface area contributed by atoms with E-state index in [2.05, 4.69) is 10.4 Å². The second-order valence-electron chi connectivity index (χ2n) is 3.62. The molecule has 1 aromatic rings. The number of hydrogen-bond donors (Lipinski definition) is 1. The lowest BCUT2D eigenvalue weighted by atomic mass is 9.93. The van der Waals surface area contributed by atoms with Gasteiger partial charge in [0, 0.05) is 19.8 Å². The van der Waals surface area contributed by atoms with Gasteiger partial charge in [0.2, 0.25) is 0 Å². The summed E-state index contributed by atoms with van der Waals surface area (Å²) >= 11 is 0. The first-order chi connectivity index (χ1) is 6.21. The van der Waals surface area contributed by atoms with Crippen LogP contribution in [0.2, 0.25) is 0 Å². The molecule has 2 heterocycles. The minimum absolute atomic E-state index is 0.393. The number of nitrogens with zero attached hydrogens (tertiary/aromatic N) is 2. The fourth-order valence-electron chi connectivity index (χ4n) is 1.74. The van der Waals surface area contributed by atoms with Crippen LogP contribution in [0.5, 0.6) is 0 Å². The molecule has 1 aromatic heterocycles.